The molecule has 38 heavy (non-hydrogen) atoms. The van der Waals surface area contributed by atoms with Crippen molar-refractivity contribution in [2.75, 3.05) is 65.7 Å². The lowest BCUT2D eigenvalue weighted by atomic mass is 9.66. The highest BCUT2D eigenvalue weighted by atomic mass is 16.6. The summed E-state index contributed by atoms with van der Waals surface area (Å²) in [7, 11) is 0. The van der Waals surface area contributed by atoms with Gasteiger partial charge < -0.3 is 29.1 Å². The predicted molar refractivity (Wildman–Crippen MR) is 140 cm³/mol. The van der Waals surface area contributed by atoms with Crippen molar-refractivity contribution < 1.29 is 33.7 Å². The van der Waals surface area contributed by atoms with Crippen LogP contribution in [0.15, 0.2) is 25.3 Å². The van der Waals surface area contributed by atoms with Gasteiger partial charge in [0.1, 0.15) is 17.6 Å². The number of β-amino-alcohol motifs (C(OH)–C–C–N with tert-alkyl or cyclic N) is 1. The Morgan fingerprint density at radius 1 is 1.18 bits per heavy atom. The average Bonchev–Trinajstić information content (AvgIpc) is 3.47. The minimum Gasteiger partial charge on any atom is -0.465 e. The Hall–Kier alpha value is -2.27. The van der Waals surface area contributed by atoms with Gasteiger partial charge in [-0.15, -0.1) is 13.2 Å². The number of hydrogen-bond donors (Lipinski definition) is 1. The normalized spacial score (nSPS) is 32.3. The smallest absolute Gasteiger partial charge is 0.312 e. The van der Waals surface area contributed by atoms with Crippen molar-refractivity contribution in [3.8, 4) is 0 Å². The van der Waals surface area contributed by atoms with E-state index in [1.54, 1.807) is 11.0 Å². The van der Waals surface area contributed by atoms with Crippen LogP contribution in [0.5, 0.6) is 0 Å². The fourth-order valence-electron chi connectivity index (χ4n) is 6.77. The zero-order valence-corrected chi connectivity index (χ0v) is 22.6. The number of morpholine rings is 1. The topological polar surface area (TPSA) is 109 Å². The van der Waals surface area contributed by atoms with Crippen LogP contribution in [-0.4, -0.2) is 121 Å². The van der Waals surface area contributed by atoms with E-state index < -0.39 is 35.0 Å². The van der Waals surface area contributed by atoms with Gasteiger partial charge in [0.2, 0.25) is 11.8 Å². The molecule has 1 N–H and O–H groups in total. The van der Waals surface area contributed by atoms with E-state index in [1.165, 1.54) is 4.90 Å². The van der Waals surface area contributed by atoms with Gasteiger partial charge in [-0.05, 0) is 39.0 Å². The Morgan fingerprint density at radius 3 is 2.63 bits per heavy atom. The van der Waals surface area contributed by atoms with Crippen LogP contribution in [0.1, 0.15) is 39.0 Å². The van der Waals surface area contributed by atoms with Crippen LogP contribution in [0.3, 0.4) is 0 Å². The van der Waals surface area contributed by atoms with Crippen LogP contribution < -0.4 is 0 Å². The summed E-state index contributed by atoms with van der Waals surface area (Å²) >= 11 is 0. The van der Waals surface area contributed by atoms with Crippen molar-refractivity contribution in [1.29, 1.82) is 0 Å². The Kier molecular flexibility index (Phi) is 9.28. The first kappa shape index (κ1) is 28.7. The number of allylic oxidation sites excluding steroid dienone is 1. The van der Waals surface area contributed by atoms with E-state index in [-0.39, 0.29) is 31.6 Å². The standard InChI is InChI=1S/C28H43N3O7/c1-4-6-7-8-18-37-26(35)22-21-24(33)31(14-17-32)23(28(21)10-9-27(22,3)38-28)25(34)30(11-5-2)13-12-29-15-19-36-20-16-29/h4-5,21-23,32H,1-2,6-20H2,3H3/t21-,22+,23?,27-,28?/m0/s1. The maximum absolute atomic E-state index is 14.2. The third-order valence-electron chi connectivity index (χ3n) is 8.60. The second-order valence-electron chi connectivity index (χ2n) is 11.0. The first-order valence-corrected chi connectivity index (χ1v) is 13.9. The molecule has 10 heteroatoms. The first-order valence-electron chi connectivity index (χ1n) is 13.9. The minimum absolute atomic E-state index is 0.00226. The van der Waals surface area contributed by atoms with Gasteiger partial charge in [0.25, 0.3) is 0 Å². The van der Waals surface area contributed by atoms with E-state index in [9.17, 15) is 19.5 Å². The Morgan fingerprint density at radius 2 is 1.95 bits per heavy atom. The van der Waals surface area contributed by atoms with Crippen molar-refractivity contribution in [3.05, 3.63) is 25.3 Å². The highest BCUT2D eigenvalue weighted by Crippen LogP contribution is 2.63. The molecule has 0 saturated carbocycles. The number of amides is 2. The van der Waals surface area contributed by atoms with Gasteiger partial charge in [-0.3, -0.25) is 19.3 Å². The summed E-state index contributed by atoms with van der Waals surface area (Å²) < 4.78 is 17.7. The zero-order valence-electron chi connectivity index (χ0n) is 22.6. The predicted octanol–water partition coefficient (Wildman–Crippen LogP) is 0.990. The van der Waals surface area contributed by atoms with E-state index in [0.717, 1.165) is 25.9 Å². The number of aliphatic hydroxyl groups is 1. The number of fused-ring (bicyclic) bond motifs is 1. The molecule has 2 unspecified atom stereocenters. The number of esters is 1. The average molecular weight is 534 g/mol. The van der Waals surface area contributed by atoms with Crippen molar-refractivity contribution in [3.63, 3.8) is 0 Å². The molecule has 0 radical (unpaired) electrons. The van der Waals surface area contributed by atoms with Crippen molar-refractivity contribution in [1.82, 2.24) is 14.7 Å². The van der Waals surface area contributed by atoms with E-state index in [4.69, 9.17) is 14.2 Å². The number of nitrogens with zero attached hydrogens (tertiary/aromatic N) is 3. The minimum atomic E-state index is -1.12. The van der Waals surface area contributed by atoms with Crippen LogP contribution in [0, 0.1) is 11.8 Å². The van der Waals surface area contributed by atoms with Gasteiger partial charge in [-0.2, -0.15) is 0 Å². The number of likely N-dealkylation sites (tertiary alicyclic amines) is 1. The monoisotopic (exact) mass is 533 g/mol. The lowest BCUT2D eigenvalue weighted by molar-refractivity contribution is -0.160. The third kappa shape index (κ3) is 5.28. The fourth-order valence-corrected chi connectivity index (χ4v) is 6.77. The van der Waals surface area contributed by atoms with Gasteiger partial charge in [0.15, 0.2) is 0 Å². The Balaban J connectivity index is 1.56. The SMILES string of the molecule is C=CCCCCOC(=O)[C@H]1[C@H]2C(=O)N(CCO)C(C(=O)N(CC=C)CCN3CCOCC3)C23CC[C@]1(C)O3. The van der Waals surface area contributed by atoms with E-state index in [2.05, 4.69) is 18.1 Å². The number of ether oxygens (including phenoxy) is 3. The van der Waals surface area contributed by atoms with Gasteiger partial charge in [-0.25, -0.2) is 0 Å². The third-order valence-corrected chi connectivity index (χ3v) is 8.60. The van der Waals surface area contributed by atoms with E-state index in [1.807, 2.05) is 13.0 Å². The van der Waals surface area contributed by atoms with Crippen molar-refractivity contribution >= 4 is 17.8 Å². The van der Waals surface area contributed by atoms with Crippen molar-refractivity contribution in [2.45, 2.75) is 56.3 Å². The van der Waals surface area contributed by atoms with Crippen LogP contribution in [0.2, 0.25) is 0 Å². The van der Waals surface area contributed by atoms with Gasteiger partial charge in [0.05, 0.1) is 37.9 Å². The molecule has 4 heterocycles. The molecule has 0 aromatic carbocycles. The van der Waals surface area contributed by atoms with E-state index >= 15 is 0 Å². The van der Waals surface area contributed by atoms with Crippen LogP contribution in [-0.2, 0) is 28.6 Å². The summed E-state index contributed by atoms with van der Waals surface area (Å²) in [4.78, 5) is 46.8. The molecular weight excluding hydrogens is 490 g/mol. The molecule has 4 rings (SSSR count). The molecular formula is C28H43N3O7. The molecule has 212 valence electrons. The summed E-state index contributed by atoms with van der Waals surface area (Å²) in [6.07, 6.45) is 6.98. The molecule has 2 bridgehead atoms. The first-order chi connectivity index (χ1) is 18.3. The molecule has 0 aromatic rings. The highest BCUT2D eigenvalue weighted by molar-refractivity contribution is 5.98. The molecule has 2 amide bonds. The second kappa shape index (κ2) is 12.3. The molecule has 10 nitrogen and oxygen atoms in total. The van der Waals surface area contributed by atoms with Gasteiger partial charge in [0, 0.05) is 39.3 Å². The Labute approximate surface area is 225 Å². The van der Waals surface area contributed by atoms with Gasteiger partial charge in [-0.1, -0.05) is 12.2 Å². The highest BCUT2D eigenvalue weighted by Gasteiger charge is 2.78. The molecule has 1 spiro atoms. The lowest BCUT2D eigenvalue weighted by Crippen LogP contribution is -2.57. The molecule has 0 aliphatic carbocycles. The number of hydrogen-bond acceptors (Lipinski definition) is 8. The van der Waals surface area contributed by atoms with Gasteiger partial charge >= 0.3 is 5.97 Å². The Bertz CT molecular complexity index is 907. The summed E-state index contributed by atoms with van der Waals surface area (Å²) in [5.41, 5.74) is -2.00. The number of unbranched alkanes of at least 4 members (excludes halogenated alkanes) is 2. The number of carbonyl (C=O) groups excluding carboxylic acids is 3. The second-order valence-corrected chi connectivity index (χ2v) is 11.0. The van der Waals surface area contributed by atoms with Crippen molar-refractivity contribution in [2.24, 2.45) is 11.8 Å². The summed E-state index contributed by atoms with van der Waals surface area (Å²) in [5, 5.41) is 9.81. The zero-order chi connectivity index (χ0) is 27.3. The number of aliphatic hydroxyl groups excluding tert-OH is 1. The fraction of sp³-hybridized carbons (Fsp3) is 0.750. The maximum atomic E-state index is 14.2. The van der Waals surface area contributed by atoms with Crippen LogP contribution in [0.25, 0.3) is 0 Å². The lowest BCUT2D eigenvalue weighted by Gasteiger charge is -2.37. The largest absolute Gasteiger partial charge is 0.465 e. The molecule has 5 atom stereocenters. The molecule has 0 aromatic heterocycles. The quantitative estimate of drug-likeness (QED) is 0.200. The van der Waals surface area contributed by atoms with Crippen LogP contribution >= 0.6 is 0 Å². The molecule has 4 aliphatic heterocycles. The maximum Gasteiger partial charge on any atom is 0.312 e. The number of rotatable bonds is 14. The number of carbonyl (C=O) groups is 3. The summed E-state index contributed by atoms with van der Waals surface area (Å²) in [5.74, 6) is -2.60. The molecule has 4 aliphatic rings. The summed E-state index contributed by atoms with van der Waals surface area (Å²) in [6, 6.07) is -0.913. The molecule has 4 fully saturated rings. The van der Waals surface area contributed by atoms with Crippen LogP contribution in [0.4, 0.5) is 0 Å². The molecule has 4 saturated heterocycles. The summed E-state index contributed by atoms with van der Waals surface area (Å²) in [6.45, 7) is 13.8. The van der Waals surface area contributed by atoms with E-state index in [0.29, 0.717) is 52.1 Å².